The third kappa shape index (κ3) is 4.80. The van der Waals surface area contributed by atoms with E-state index in [1.807, 2.05) is 30.3 Å². The number of para-hydroxylation sites is 1. The summed E-state index contributed by atoms with van der Waals surface area (Å²) in [5.74, 6) is 0.376. The highest BCUT2D eigenvalue weighted by atomic mass is 16.4. The molecule has 0 unspecified atom stereocenters. The minimum absolute atomic E-state index is 0.00423. The van der Waals surface area contributed by atoms with Gasteiger partial charge in [0.1, 0.15) is 5.52 Å². The Labute approximate surface area is 214 Å². The molecule has 0 saturated heterocycles. The van der Waals surface area contributed by atoms with E-state index in [1.54, 1.807) is 13.1 Å². The Hall–Kier alpha value is -4.53. The first-order valence-electron chi connectivity index (χ1n) is 12.4. The van der Waals surface area contributed by atoms with Crippen LogP contribution in [0.15, 0.2) is 71.1 Å². The molecule has 0 saturated carbocycles. The lowest BCUT2D eigenvalue weighted by Crippen LogP contribution is -2.28. The Morgan fingerprint density at radius 1 is 1.05 bits per heavy atom. The van der Waals surface area contributed by atoms with E-state index >= 15 is 0 Å². The van der Waals surface area contributed by atoms with Crippen LogP contribution in [0.3, 0.4) is 0 Å². The Morgan fingerprint density at radius 2 is 1.84 bits per heavy atom. The maximum Gasteiger partial charge on any atom is 0.298 e. The first kappa shape index (κ1) is 24.2. The fraction of sp³-hybridized carbons (Fsp3) is 0.250. The summed E-state index contributed by atoms with van der Waals surface area (Å²) in [5.41, 5.74) is 5.81. The molecule has 1 amide bonds. The van der Waals surface area contributed by atoms with Crippen LogP contribution >= 0.6 is 0 Å². The van der Waals surface area contributed by atoms with E-state index in [0.29, 0.717) is 28.5 Å². The van der Waals surface area contributed by atoms with Gasteiger partial charge in [0.15, 0.2) is 5.58 Å². The molecule has 9 nitrogen and oxygen atoms in total. The molecule has 0 radical (unpaired) electrons. The summed E-state index contributed by atoms with van der Waals surface area (Å²) in [5, 5.41) is 17.2. The second kappa shape index (κ2) is 10.6. The molecule has 2 N–H and O–H groups in total. The molecule has 3 aromatic carbocycles. The van der Waals surface area contributed by atoms with E-state index in [9.17, 15) is 4.79 Å². The summed E-state index contributed by atoms with van der Waals surface area (Å²) >= 11 is 0. The zero-order chi connectivity index (χ0) is 25.8. The molecule has 9 heteroatoms. The first-order valence-corrected chi connectivity index (χ1v) is 12.4. The number of rotatable bonds is 9. The van der Waals surface area contributed by atoms with E-state index in [4.69, 9.17) is 9.40 Å². The van der Waals surface area contributed by atoms with Gasteiger partial charge < -0.3 is 14.6 Å². The van der Waals surface area contributed by atoms with Crippen molar-refractivity contribution in [2.45, 2.75) is 32.7 Å². The SMILES string of the molecule is CCCCN(c1nc2c(C(=O)NC)cccc2o1)[C@H](C)c1ccc(-c2ccccc2-c2nn[nH]n2)cc1. The van der Waals surface area contributed by atoms with Crippen molar-refractivity contribution in [3.8, 4) is 22.5 Å². The molecule has 5 rings (SSSR count). The van der Waals surface area contributed by atoms with Gasteiger partial charge in [-0.3, -0.25) is 4.79 Å². The van der Waals surface area contributed by atoms with Gasteiger partial charge in [-0.1, -0.05) is 67.9 Å². The van der Waals surface area contributed by atoms with Gasteiger partial charge in [-0.15, -0.1) is 10.2 Å². The van der Waals surface area contributed by atoms with Crippen molar-refractivity contribution >= 4 is 23.0 Å². The number of hydrogen-bond acceptors (Lipinski definition) is 7. The van der Waals surface area contributed by atoms with E-state index in [-0.39, 0.29) is 11.9 Å². The predicted molar refractivity (Wildman–Crippen MR) is 143 cm³/mol. The van der Waals surface area contributed by atoms with Crippen LogP contribution in [0, 0.1) is 0 Å². The van der Waals surface area contributed by atoms with Gasteiger partial charge in [0.2, 0.25) is 5.82 Å². The fourth-order valence-corrected chi connectivity index (χ4v) is 4.49. The zero-order valence-electron chi connectivity index (χ0n) is 21.1. The van der Waals surface area contributed by atoms with Gasteiger partial charge in [0, 0.05) is 19.2 Å². The fourth-order valence-electron chi connectivity index (χ4n) is 4.49. The molecular formula is C28H29N7O2. The average Bonchev–Trinajstić information content (AvgIpc) is 3.63. The molecule has 2 aromatic heterocycles. The van der Waals surface area contributed by atoms with Crippen LogP contribution in [-0.4, -0.2) is 45.1 Å². The van der Waals surface area contributed by atoms with E-state index < -0.39 is 0 Å². The van der Waals surface area contributed by atoms with E-state index in [2.05, 4.69) is 75.0 Å². The van der Waals surface area contributed by atoms with Gasteiger partial charge in [0.05, 0.1) is 11.6 Å². The van der Waals surface area contributed by atoms with Crippen molar-refractivity contribution < 1.29 is 9.21 Å². The molecule has 0 aliphatic carbocycles. The van der Waals surface area contributed by atoms with Crippen LogP contribution in [0.2, 0.25) is 0 Å². The smallest absolute Gasteiger partial charge is 0.298 e. The number of benzene rings is 3. The summed E-state index contributed by atoms with van der Waals surface area (Å²) in [6, 6.07) is 22.4. The van der Waals surface area contributed by atoms with Crippen molar-refractivity contribution in [1.29, 1.82) is 0 Å². The van der Waals surface area contributed by atoms with Crippen molar-refractivity contribution in [3.63, 3.8) is 0 Å². The number of H-pyrrole nitrogens is 1. The first-order chi connectivity index (χ1) is 18.1. The number of aromatic nitrogens is 5. The predicted octanol–water partition coefficient (Wildman–Crippen LogP) is 5.40. The molecule has 0 aliphatic heterocycles. The summed E-state index contributed by atoms with van der Waals surface area (Å²) < 4.78 is 6.17. The zero-order valence-corrected chi connectivity index (χ0v) is 21.1. The summed E-state index contributed by atoms with van der Waals surface area (Å²) in [7, 11) is 1.61. The third-order valence-electron chi connectivity index (χ3n) is 6.56. The second-order valence-electron chi connectivity index (χ2n) is 8.85. The van der Waals surface area contributed by atoms with Crippen molar-refractivity contribution in [3.05, 3.63) is 77.9 Å². The number of carbonyl (C=O) groups is 1. The Kier molecular flexibility index (Phi) is 6.93. The van der Waals surface area contributed by atoms with Crippen LogP contribution in [-0.2, 0) is 0 Å². The number of nitrogens with one attached hydrogen (secondary N) is 2. The van der Waals surface area contributed by atoms with Gasteiger partial charge in [-0.05, 0) is 47.4 Å². The molecule has 0 spiro atoms. The Bertz CT molecular complexity index is 1490. The van der Waals surface area contributed by atoms with Crippen molar-refractivity contribution in [2.24, 2.45) is 0 Å². The van der Waals surface area contributed by atoms with Crippen LogP contribution in [0.1, 0.15) is 48.7 Å². The minimum atomic E-state index is -0.185. The number of aromatic amines is 1. The van der Waals surface area contributed by atoms with Crippen LogP contribution in [0.4, 0.5) is 6.01 Å². The van der Waals surface area contributed by atoms with Crippen LogP contribution < -0.4 is 10.2 Å². The largest absolute Gasteiger partial charge is 0.423 e. The van der Waals surface area contributed by atoms with Gasteiger partial charge in [-0.2, -0.15) is 10.2 Å². The molecule has 188 valence electrons. The lowest BCUT2D eigenvalue weighted by molar-refractivity contribution is 0.0964. The number of amides is 1. The number of anilines is 1. The normalized spacial score (nSPS) is 12.0. The highest BCUT2D eigenvalue weighted by Gasteiger charge is 2.23. The molecule has 5 aromatic rings. The second-order valence-corrected chi connectivity index (χ2v) is 8.85. The molecule has 2 heterocycles. The number of unbranched alkanes of at least 4 members (excludes halogenated alkanes) is 1. The number of nitrogens with zero attached hydrogens (tertiary/aromatic N) is 5. The summed E-state index contributed by atoms with van der Waals surface area (Å²) in [6.45, 7) is 5.09. The highest BCUT2D eigenvalue weighted by molar-refractivity contribution is 6.04. The molecule has 0 aliphatic rings. The summed E-state index contributed by atoms with van der Waals surface area (Å²) in [4.78, 5) is 19.3. The van der Waals surface area contributed by atoms with Crippen LogP contribution in [0.5, 0.6) is 0 Å². The molecule has 1 atom stereocenters. The maximum absolute atomic E-state index is 12.4. The molecule has 37 heavy (non-hydrogen) atoms. The lowest BCUT2D eigenvalue weighted by atomic mass is 9.97. The number of tetrazole rings is 1. The quantitative estimate of drug-likeness (QED) is 0.281. The number of carbonyl (C=O) groups excluding carboxylic acids is 1. The average molecular weight is 496 g/mol. The van der Waals surface area contributed by atoms with Crippen molar-refractivity contribution in [1.82, 2.24) is 30.9 Å². The number of hydrogen-bond donors (Lipinski definition) is 2. The van der Waals surface area contributed by atoms with Crippen molar-refractivity contribution in [2.75, 3.05) is 18.5 Å². The highest BCUT2D eigenvalue weighted by Crippen LogP contribution is 2.34. The molecule has 0 fully saturated rings. The monoisotopic (exact) mass is 495 g/mol. The maximum atomic E-state index is 12.4. The van der Waals surface area contributed by atoms with Gasteiger partial charge in [-0.25, -0.2) is 0 Å². The minimum Gasteiger partial charge on any atom is -0.423 e. The van der Waals surface area contributed by atoms with E-state index in [1.165, 1.54) is 0 Å². The topological polar surface area (TPSA) is 113 Å². The standard InChI is InChI=1S/C28H29N7O2/c1-4-5-17-35(28-30-25-23(27(36)29-3)11-8-12-24(25)37-28)18(2)19-13-15-20(16-14-19)21-9-6-7-10-22(21)26-31-33-34-32-26/h6-16,18H,4-5,17H2,1-3H3,(H,29,36)(H,31,32,33,34)/t18-/m1/s1. The van der Waals surface area contributed by atoms with Gasteiger partial charge >= 0.3 is 0 Å². The molecular weight excluding hydrogens is 466 g/mol. The number of fused-ring (bicyclic) bond motifs is 1. The Morgan fingerprint density at radius 3 is 2.54 bits per heavy atom. The lowest BCUT2D eigenvalue weighted by Gasteiger charge is -2.28. The summed E-state index contributed by atoms with van der Waals surface area (Å²) in [6.07, 6.45) is 2.03. The van der Waals surface area contributed by atoms with Gasteiger partial charge in [0.25, 0.3) is 11.9 Å². The molecule has 0 bridgehead atoms. The van der Waals surface area contributed by atoms with Crippen LogP contribution in [0.25, 0.3) is 33.6 Å². The third-order valence-corrected chi connectivity index (χ3v) is 6.56. The van der Waals surface area contributed by atoms with E-state index in [0.717, 1.165) is 41.6 Å². The number of oxazole rings is 1. The Balaban J connectivity index is 1.47.